The van der Waals surface area contributed by atoms with E-state index < -0.39 is 0 Å². The molecule has 0 aromatic carbocycles. The van der Waals surface area contributed by atoms with Gasteiger partial charge < -0.3 is 9.32 Å². The number of hydrogen-bond acceptors (Lipinski definition) is 4. The summed E-state index contributed by atoms with van der Waals surface area (Å²) in [5, 5.41) is 8.36. The largest absolute Gasteiger partial charge is 0.438 e. The monoisotopic (exact) mass is 193 g/mol. The van der Waals surface area contributed by atoms with Crippen molar-refractivity contribution < 1.29 is 9.21 Å². The zero-order valence-corrected chi connectivity index (χ0v) is 8.15. The number of carbonyl (C=O) groups excluding carboxylic acids is 1. The predicted octanol–water partition coefficient (Wildman–Crippen LogP) is 0.969. The van der Waals surface area contributed by atoms with Crippen LogP contribution >= 0.6 is 0 Å². The van der Waals surface area contributed by atoms with Crippen molar-refractivity contribution in [3.05, 3.63) is 17.8 Å². The predicted molar refractivity (Wildman–Crippen MR) is 48.4 cm³/mol. The Morgan fingerprint density at radius 2 is 2.50 bits per heavy atom. The summed E-state index contributed by atoms with van der Waals surface area (Å²) in [6.07, 6.45) is 1.55. The van der Waals surface area contributed by atoms with E-state index in [0.29, 0.717) is 18.7 Å². The Hall–Kier alpha value is -1.83. The van der Waals surface area contributed by atoms with Crippen molar-refractivity contribution in [2.45, 2.75) is 13.3 Å². The van der Waals surface area contributed by atoms with Crippen LogP contribution < -0.4 is 0 Å². The molecule has 0 radical (unpaired) electrons. The van der Waals surface area contributed by atoms with E-state index in [1.807, 2.05) is 6.07 Å². The molecule has 5 nitrogen and oxygen atoms in total. The van der Waals surface area contributed by atoms with Gasteiger partial charge in [-0.05, 0) is 6.92 Å². The molecule has 5 heteroatoms. The van der Waals surface area contributed by atoms with Crippen molar-refractivity contribution in [3.8, 4) is 6.07 Å². The van der Waals surface area contributed by atoms with E-state index in [9.17, 15) is 4.79 Å². The standard InChI is InChI=1S/C9H11N3O2/c1-7-8(14-6-11-7)9(13)12(2)5-3-4-10/h6H,3,5H2,1-2H3. The third-order valence-corrected chi connectivity index (χ3v) is 1.85. The highest BCUT2D eigenvalue weighted by Gasteiger charge is 2.17. The first kappa shape index (κ1) is 10.3. The van der Waals surface area contributed by atoms with E-state index in [-0.39, 0.29) is 11.7 Å². The zero-order valence-electron chi connectivity index (χ0n) is 8.15. The molecule has 0 aliphatic heterocycles. The molecular formula is C9H11N3O2. The summed E-state index contributed by atoms with van der Waals surface area (Å²) in [5.41, 5.74) is 0.568. The number of nitrogens with zero attached hydrogens (tertiary/aromatic N) is 3. The molecule has 0 bridgehead atoms. The fourth-order valence-electron chi connectivity index (χ4n) is 1.000. The first-order valence-electron chi connectivity index (χ1n) is 4.19. The smallest absolute Gasteiger partial charge is 0.291 e. The van der Waals surface area contributed by atoms with Gasteiger partial charge in [0.2, 0.25) is 5.76 Å². The Morgan fingerprint density at radius 1 is 1.79 bits per heavy atom. The molecule has 0 saturated heterocycles. The second-order valence-corrected chi connectivity index (χ2v) is 2.90. The molecule has 0 saturated carbocycles. The third-order valence-electron chi connectivity index (χ3n) is 1.85. The van der Waals surface area contributed by atoms with E-state index in [0.717, 1.165) is 0 Å². The Kier molecular flexibility index (Phi) is 3.24. The lowest BCUT2D eigenvalue weighted by Gasteiger charge is -2.13. The van der Waals surface area contributed by atoms with Crippen molar-refractivity contribution in [1.82, 2.24) is 9.88 Å². The van der Waals surface area contributed by atoms with Crippen molar-refractivity contribution in [2.24, 2.45) is 0 Å². The number of aryl methyl sites for hydroxylation is 1. The van der Waals surface area contributed by atoms with Gasteiger partial charge in [0.1, 0.15) is 0 Å². The van der Waals surface area contributed by atoms with Crippen molar-refractivity contribution in [3.63, 3.8) is 0 Å². The molecule has 0 fully saturated rings. The average molecular weight is 193 g/mol. The topological polar surface area (TPSA) is 70.1 Å². The lowest BCUT2D eigenvalue weighted by atomic mass is 10.3. The first-order chi connectivity index (χ1) is 6.66. The van der Waals surface area contributed by atoms with Gasteiger partial charge in [-0.15, -0.1) is 0 Å². The minimum Gasteiger partial charge on any atom is -0.438 e. The summed E-state index contributed by atoms with van der Waals surface area (Å²) in [6.45, 7) is 2.10. The van der Waals surface area contributed by atoms with Crippen LogP contribution in [0.15, 0.2) is 10.8 Å². The molecule has 1 heterocycles. The molecule has 1 aromatic rings. The van der Waals surface area contributed by atoms with Gasteiger partial charge in [0.25, 0.3) is 5.91 Å². The van der Waals surface area contributed by atoms with Crippen LogP contribution in [0, 0.1) is 18.3 Å². The van der Waals surface area contributed by atoms with Gasteiger partial charge in [-0.3, -0.25) is 4.79 Å². The van der Waals surface area contributed by atoms with E-state index in [1.165, 1.54) is 11.3 Å². The van der Waals surface area contributed by atoms with E-state index in [4.69, 9.17) is 9.68 Å². The first-order valence-corrected chi connectivity index (χ1v) is 4.19. The lowest BCUT2D eigenvalue weighted by molar-refractivity contribution is 0.0765. The number of aromatic nitrogens is 1. The van der Waals surface area contributed by atoms with Crippen LogP contribution in [0.2, 0.25) is 0 Å². The molecule has 1 amide bonds. The number of nitriles is 1. The maximum atomic E-state index is 11.6. The second-order valence-electron chi connectivity index (χ2n) is 2.90. The highest BCUT2D eigenvalue weighted by molar-refractivity contribution is 5.92. The number of carbonyl (C=O) groups is 1. The second kappa shape index (κ2) is 4.42. The van der Waals surface area contributed by atoms with Gasteiger partial charge >= 0.3 is 0 Å². The summed E-state index contributed by atoms with van der Waals surface area (Å²) in [4.78, 5) is 16.9. The highest BCUT2D eigenvalue weighted by Crippen LogP contribution is 2.07. The Balaban J connectivity index is 2.67. The number of oxazole rings is 1. The summed E-state index contributed by atoms with van der Waals surface area (Å²) < 4.78 is 4.94. The minimum absolute atomic E-state index is 0.241. The molecule has 74 valence electrons. The van der Waals surface area contributed by atoms with Crippen molar-refractivity contribution in [1.29, 1.82) is 5.26 Å². The summed E-state index contributed by atoms with van der Waals surface area (Å²) in [6, 6.07) is 1.97. The van der Waals surface area contributed by atoms with Crippen LogP contribution in [0.3, 0.4) is 0 Å². The molecule has 0 N–H and O–H groups in total. The van der Waals surface area contributed by atoms with Gasteiger partial charge in [0.15, 0.2) is 6.39 Å². The summed E-state index contributed by atoms with van der Waals surface area (Å²) in [7, 11) is 1.63. The SMILES string of the molecule is Cc1ncoc1C(=O)N(C)CCC#N. The fraction of sp³-hybridized carbons (Fsp3) is 0.444. The molecule has 1 aromatic heterocycles. The van der Waals surface area contributed by atoms with Gasteiger partial charge in [-0.1, -0.05) is 0 Å². The maximum Gasteiger partial charge on any atom is 0.291 e. The number of amides is 1. The van der Waals surface area contributed by atoms with E-state index >= 15 is 0 Å². The fourth-order valence-corrected chi connectivity index (χ4v) is 1.000. The normalized spacial score (nSPS) is 9.50. The summed E-state index contributed by atoms with van der Waals surface area (Å²) in [5.74, 6) is 0.000639. The number of rotatable bonds is 3. The molecular weight excluding hydrogens is 182 g/mol. The molecule has 0 spiro atoms. The maximum absolute atomic E-state index is 11.6. The number of hydrogen-bond donors (Lipinski definition) is 0. The van der Waals surface area contributed by atoms with E-state index in [1.54, 1.807) is 14.0 Å². The summed E-state index contributed by atoms with van der Waals surface area (Å²) >= 11 is 0. The van der Waals surface area contributed by atoms with Crippen LogP contribution in [0.1, 0.15) is 22.7 Å². The van der Waals surface area contributed by atoms with Crippen LogP contribution in [0.4, 0.5) is 0 Å². The molecule has 14 heavy (non-hydrogen) atoms. The molecule has 0 atom stereocenters. The van der Waals surface area contributed by atoms with Gasteiger partial charge in [0.05, 0.1) is 18.2 Å². The van der Waals surface area contributed by atoms with Crippen LogP contribution in [0.5, 0.6) is 0 Å². The highest BCUT2D eigenvalue weighted by atomic mass is 16.3. The van der Waals surface area contributed by atoms with Crippen molar-refractivity contribution in [2.75, 3.05) is 13.6 Å². The third kappa shape index (κ3) is 2.10. The molecule has 1 rings (SSSR count). The molecule has 0 unspecified atom stereocenters. The van der Waals surface area contributed by atoms with E-state index in [2.05, 4.69) is 4.98 Å². The Morgan fingerprint density at radius 3 is 3.00 bits per heavy atom. The van der Waals surface area contributed by atoms with Crippen molar-refractivity contribution >= 4 is 5.91 Å². The Labute approximate surface area is 81.9 Å². The average Bonchev–Trinajstić information content (AvgIpc) is 2.59. The van der Waals surface area contributed by atoms with Gasteiger partial charge in [0, 0.05) is 13.6 Å². The zero-order chi connectivity index (χ0) is 10.6. The van der Waals surface area contributed by atoms with Gasteiger partial charge in [-0.2, -0.15) is 5.26 Å². The van der Waals surface area contributed by atoms with Crippen LogP contribution in [0.25, 0.3) is 0 Å². The lowest BCUT2D eigenvalue weighted by Crippen LogP contribution is -2.27. The molecule has 0 aliphatic rings. The van der Waals surface area contributed by atoms with Crippen LogP contribution in [-0.4, -0.2) is 29.4 Å². The Bertz CT molecular complexity index is 364. The quantitative estimate of drug-likeness (QED) is 0.717. The van der Waals surface area contributed by atoms with Gasteiger partial charge in [-0.25, -0.2) is 4.98 Å². The molecule has 0 aliphatic carbocycles. The minimum atomic E-state index is -0.241. The van der Waals surface area contributed by atoms with Crippen LogP contribution in [-0.2, 0) is 0 Å².